The van der Waals surface area contributed by atoms with E-state index < -0.39 is 5.91 Å². The van der Waals surface area contributed by atoms with Gasteiger partial charge in [0.05, 0.1) is 17.1 Å². The van der Waals surface area contributed by atoms with Gasteiger partial charge < -0.3 is 10.1 Å². The normalized spacial score (nSPS) is 11.0. The number of aromatic nitrogens is 2. The molecule has 1 aromatic heterocycles. The Hall–Kier alpha value is -2.66. The summed E-state index contributed by atoms with van der Waals surface area (Å²) < 4.78 is 5.75. The summed E-state index contributed by atoms with van der Waals surface area (Å²) >= 11 is 5.98. The van der Waals surface area contributed by atoms with Crippen molar-refractivity contribution in [1.29, 1.82) is 0 Å². The fourth-order valence-corrected chi connectivity index (χ4v) is 2.70. The van der Waals surface area contributed by atoms with E-state index in [0.29, 0.717) is 21.7 Å². The lowest BCUT2D eigenvalue weighted by Gasteiger charge is -2.14. The summed E-state index contributed by atoms with van der Waals surface area (Å²) in [4.78, 5) is 21.8. The predicted molar refractivity (Wildman–Crippen MR) is 104 cm³/mol. The van der Waals surface area contributed by atoms with Gasteiger partial charge in [0.1, 0.15) is 0 Å². The minimum atomic E-state index is -0.393. The second-order valence-corrected chi connectivity index (χ2v) is 6.87. The van der Waals surface area contributed by atoms with Crippen molar-refractivity contribution in [3.8, 4) is 5.88 Å². The zero-order valence-electron chi connectivity index (χ0n) is 15.1. The minimum absolute atomic E-state index is 0.133. The smallest absolute Gasteiger partial charge is 0.279 e. The Bertz CT molecular complexity index is 986. The number of rotatable bonds is 4. The van der Waals surface area contributed by atoms with E-state index >= 15 is 0 Å². The van der Waals surface area contributed by atoms with E-state index in [1.165, 1.54) is 0 Å². The van der Waals surface area contributed by atoms with Gasteiger partial charge >= 0.3 is 0 Å². The van der Waals surface area contributed by atoms with Gasteiger partial charge in [-0.2, -0.15) is 0 Å². The Balaban J connectivity index is 2.06. The average molecular weight is 370 g/mol. The number of aryl methyl sites for hydroxylation is 2. The van der Waals surface area contributed by atoms with E-state index in [0.717, 1.165) is 11.1 Å². The number of nitrogens with zero attached hydrogens (tertiary/aromatic N) is 2. The van der Waals surface area contributed by atoms with Crippen LogP contribution in [0.2, 0.25) is 5.02 Å². The van der Waals surface area contributed by atoms with Crippen molar-refractivity contribution in [3.05, 3.63) is 58.2 Å². The Kier molecular flexibility index (Phi) is 5.09. The molecule has 0 unspecified atom stereocenters. The number of fused-ring (bicyclic) bond motifs is 1. The number of amides is 1. The maximum absolute atomic E-state index is 12.8. The van der Waals surface area contributed by atoms with Gasteiger partial charge in [0.2, 0.25) is 5.88 Å². The largest absolute Gasteiger partial charge is 0.473 e. The van der Waals surface area contributed by atoms with Crippen molar-refractivity contribution in [3.63, 3.8) is 0 Å². The second-order valence-electron chi connectivity index (χ2n) is 6.43. The van der Waals surface area contributed by atoms with Crippen LogP contribution in [0.25, 0.3) is 11.0 Å². The average Bonchev–Trinajstić information content (AvgIpc) is 2.55. The first-order valence-corrected chi connectivity index (χ1v) is 8.74. The van der Waals surface area contributed by atoms with Crippen molar-refractivity contribution >= 4 is 34.2 Å². The first-order chi connectivity index (χ1) is 12.3. The molecule has 0 aliphatic rings. The third kappa shape index (κ3) is 3.94. The summed E-state index contributed by atoms with van der Waals surface area (Å²) in [5, 5.41) is 3.34. The molecule has 0 saturated carbocycles. The number of halogens is 1. The first-order valence-electron chi connectivity index (χ1n) is 8.36. The fraction of sp³-hybridized carbons (Fsp3) is 0.250. The quantitative estimate of drug-likeness (QED) is 0.707. The van der Waals surface area contributed by atoms with Crippen LogP contribution in [0.15, 0.2) is 36.4 Å². The van der Waals surface area contributed by atoms with Crippen molar-refractivity contribution in [2.75, 3.05) is 5.32 Å². The lowest BCUT2D eigenvalue weighted by molar-refractivity contribution is 0.101. The van der Waals surface area contributed by atoms with Crippen molar-refractivity contribution in [2.45, 2.75) is 33.8 Å². The number of benzene rings is 2. The summed E-state index contributed by atoms with van der Waals surface area (Å²) in [5.41, 5.74) is 4.28. The van der Waals surface area contributed by atoms with E-state index in [9.17, 15) is 4.79 Å². The van der Waals surface area contributed by atoms with Crippen LogP contribution in [-0.2, 0) is 0 Å². The van der Waals surface area contributed by atoms with Crippen molar-refractivity contribution in [1.82, 2.24) is 9.97 Å². The molecule has 6 heteroatoms. The van der Waals surface area contributed by atoms with E-state index in [1.54, 1.807) is 24.3 Å². The molecule has 1 amide bonds. The molecular weight excluding hydrogens is 350 g/mol. The highest BCUT2D eigenvalue weighted by atomic mass is 35.5. The molecule has 0 spiro atoms. The van der Waals surface area contributed by atoms with Gasteiger partial charge in [0.15, 0.2) is 5.69 Å². The number of anilines is 1. The Morgan fingerprint density at radius 3 is 2.35 bits per heavy atom. The number of carbonyl (C=O) groups excluding carboxylic acids is 1. The second kappa shape index (κ2) is 7.30. The summed E-state index contributed by atoms with van der Waals surface area (Å²) in [5.74, 6) is -0.175. The SMILES string of the molecule is Cc1cc2nc(OC(C)C)c(C(=O)Nc3cccc(Cl)c3)nc2cc1C. The van der Waals surface area contributed by atoms with Gasteiger partial charge in [-0.1, -0.05) is 17.7 Å². The van der Waals surface area contributed by atoms with Gasteiger partial charge in [0, 0.05) is 10.7 Å². The molecule has 0 aliphatic heterocycles. The summed E-state index contributed by atoms with van der Waals surface area (Å²) in [6.45, 7) is 7.77. The molecule has 0 bridgehead atoms. The fourth-order valence-electron chi connectivity index (χ4n) is 2.51. The topological polar surface area (TPSA) is 64.1 Å². The van der Waals surface area contributed by atoms with Crippen LogP contribution in [0.3, 0.4) is 0 Å². The van der Waals surface area contributed by atoms with Crippen LogP contribution >= 0.6 is 11.6 Å². The first kappa shape index (κ1) is 18.1. The summed E-state index contributed by atoms with van der Waals surface area (Å²) in [6.07, 6.45) is -0.133. The van der Waals surface area contributed by atoms with Crippen LogP contribution in [0.1, 0.15) is 35.5 Å². The summed E-state index contributed by atoms with van der Waals surface area (Å²) in [7, 11) is 0. The Morgan fingerprint density at radius 1 is 1.08 bits per heavy atom. The molecule has 0 saturated heterocycles. The number of hydrogen-bond donors (Lipinski definition) is 1. The third-order valence-corrected chi connectivity index (χ3v) is 4.13. The number of ether oxygens (including phenoxy) is 1. The highest BCUT2D eigenvalue weighted by Gasteiger charge is 2.19. The molecule has 0 radical (unpaired) electrons. The standard InChI is InChI=1S/C20H20ClN3O2/c1-11(2)26-20-18(19(25)22-15-7-5-6-14(21)10-15)23-16-8-12(3)13(4)9-17(16)24-20/h5-11H,1-4H3,(H,22,25). The van der Waals surface area contributed by atoms with Crippen LogP contribution in [0.4, 0.5) is 5.69 Å². The molecule has 0 fully saturated rings. The Labute approximate surface area is 157 Å². The number of nitrogens with one attached hydrogen (secondary N) is 1. The molecule has 134 valence electrons. The van der Waals surface area contributed by atoms with E-state index in [4.69, 9.17) is 16.3 Å². The van der Waals surface area contributed by atoms with Gasteiger partial charge in [-0.05, 0) is 69.2 Å². The monoisotopic (exact) mass is 369 g/mol. The highest BCUT2D eigenvalue weighted by Crippen LogP contribution is 2.24. The van der Waals surface area contributed by atoms with E-state index in [1.807, 2.05) is 39.8 Å². The highest BCUT2D eigenvalue weighted by molar-refractivity contribution is 6.31. The van der Waals surface area contributed by atoms with Crippen LogP contribution in [-0.4, -0.2) is 22.0 Å². The lowest BCUT2D eigenvalue weighted by atomic mass is 10.1. The molecule has 0 aliphatic carbocycles. The maximum Gasteiger partial charge on any atom is 0.279 e. The molecule has 26 heavy (non-hydrogen) atoms. The van der Waals surface area contributed by atoms with Crippen molar-refractivity contribution < 1.29 is 9.53 Å². The van der Waals surface area contributed by atoms with Crippen molar-refractivity contribution in [2.24, 2.45) is 0 Å². The molecule has 1 N–H and O–H groups in total. The maximum atomic E-state index is 12.8. The number of hydrogen-bond acceptors (Lipinski definition) is 4. The molecule has 5 nitrogen and oxygen atoms in total. The van der Waals surface area contributed by atoms with Crippen LogP contribution < -0.4 is 10.1 Å². The van der Waals surface area contributed by atoms with Gasteiger partial charge in [-0.15, -0.1) is 0 Å². The molecule has 3 rings (SSSR count). The van der Waals surface area contributed by atoms with Crippen LogP contribution in [0, 0.1) is 13.8 Å². The molecular formula is C20H20ClN3O2. The van der Waals surface area contributed by atoms with E-state index in [-0.39, 0.29) is 17.7 Å². The number of carbonyl (C=O) groups is 1. The zero-order valence-corrected chi connectivity index (χ0v) is 15.9. The third-order valence-electron chi connectivity index (χ3n) is 3.89. The molecule has 3 aromatic rings. The minimum Gasteiger partial charge on any atom is -0.473 e. The summed E-state index contributed by atoms with van der Waals surface area (Å²) in [6, 6.07) is 10.8. The van der Waals surface area contributed by atoms with Crippen LogP contribution in [0.5, 0.6) is 5.88 Å². The molecule has 1 heterocycles. The van der Waals surface area contributed by atoms with Gasteiger partial charge in [-0.3, -0.25) is 4.79 Å². The predicted octanol–water partition coefficient (Wildman–Crippen LogP) is 4.94. The lowest BCUT2D eigenvalue weighted by Crippen LogP contribution is -2.18. The van der Waals surface area contributed by atoms with Gasteiger partial charge in [-0.25, -0.2) is 9.97 Å². The van der Waals surface area contributed by atoms with Gasteiger partial charge in [0.25, 0.3) is 5.91 Å². The molecule has 2 aromatic carbocycles. The Morgan fingerprint density at radius 2 is 1.73 bits per heavy atom. The molecule has 0 atom stereocenters. The van der Waals surface area contributed by atoms with E-state index in [2.05, 4.69) is 15.3 Å². The zero-order chi connectivity index (χ0) is 18.8.